The Labute approximate surface area is 338 Å². The van der Waals surface area contributed by atoms with Crippen LogP contribution in [-0.2, 0) is 0 Å². The molecular formula is C55H50N2. The van der Waals surface area contributed by atoms with Crippen LogP contribution in [0.15, 0.2) is 194 Å². The molecule has 0 fully saturated rings. The number of nitrogens with zero attached hydrogens (tertiary/aromatic N) is 2. The topological polar surface area (TPSA) is 6.48 Å². The Morgan fingerprint density at radius 3 is 1.00 bits per heavy atom. The summed E-state index contributed by atoms with van der Waals surface area (Å²) < 4.78 is 0. The van der Waals surface area contributed by atoms with E-state index in [-0.39, 0.29) is 16.2 Å². The Bertz CT molecular complexity index is 2540. The van der Waals surface area contributed by atoms with E-state index in [0.29, 0.717) is 0 Å². The molecule has 2 nitrogen and oxygen atoms in total. The van der Waals surface area contributed by atoms with Crippen LogP contribution in [-0.4, -0.2) is 0 Å². The molecule has 0 radical (unpaired) electrons. The molecule has 0 aromatic heterocycles. The van der Waals surface area contributed by atoms with Gasteiger partial charge >= 0.3 is 0 Å². The van der Waals surface area contributed by atoms with Crippen LogP contribution in [0.3, 0.4) is 0 Å². The number of rotatable bonds is 8. The van der Waals surface area contributed by atoms with Gasteiger partial charge in [0.05, 0.1) is 11.4 Å². The van der Waals surface area contributed by atoms with Gasteiger partial charge in [0, 0.05) is 33.5 Å². The normalized spacial score (nSPS) is 15.5. The van der Waals surface area contributed by atoms with Crippen LogP contribution >= 0.6 is 0 Å². The highest BCUT2D eigenvalue weighted by Crippen LogP contribution is 2.70. The van der Waals surface area contributed by atoms with Crippen LogP contribution in [0.4, 0.5) is 34.1 Å². The van der Waals surface area contributed by atoms with Crippen LogP contribution in [0.5, 0.6) is 0 Å². The molecule has 280 valence electrons. The average molecular weight is 739 g/mol. The zero-order valence-corrected chi connectivity index (χ0v) is 33.9. The van der Waals surface area contributed by atoms with E-state index in [2.05, 4.69) is 245 Å². The van der Waals surface area contributed by atoms with E-state index in [9.17, 15) is 0 Å². The smallest absolute Gasteiger partial charge is 0.0540 e. The molecule has 1 aliphatic rings. The minimum atomic E-state index is -0.111. The Balaban J connectivity index is 1.17. The fraction of sp³-hybridized carbons (Fsp3) is 0.164. The molecule has 0 saturated carbocycles. The molecule has 0 aliphatic heterocycles. The highest BCUT2D eigenvalue weighted by atomic mass is 15.1. The molecule has 0 atom stereocenters. The summed E-state index contributed by atoms with van der Waals surface area (Å²) in [5, 5.41) is 4.92. The molecule has 8 aromatic rings. The van der Waals surface area contributed by atoms with Crippen LogP contribution < -0.4 is 9.80 Å². The summed E-state index contributed by atoms with van der Waals surface area (Å²) in [7, 11) is 0. The van der Waals surface area contributed by atoms with Crippen molar-refractivity contribution in [3.05, 3.63) is 205 Å². The quantitative estimate of drug-likeness (QED) is 0.153. The van der Waals surface area contributed by atoms with Crippen LogP contribution in [0.25, 0.3) is 32.7 Å². The lowest BCUT2D eigenvalue weighted by Crippen LogP contribution is -2.39. The van der Waals surface area contributed by atoms with E-state index in [1.54, 1.807) is 0 Å². The maximum absolute atomic E-state index is 2.46. The van der Waals surface area contributed by atoms with Crippen molar-refractivity contribution in [2.24, 2.45) is 16.2 Å². The second kappa shape index (κ2) is 14.0. The third-order valence-corrected chi connectivity index (χ3v) is 13.5. The van der Waals surface area contributed by atoms with Gasteiger partial charge in [0.2, 0.25) is 0 Å². The lowest BCUT2D eigenvalue weighted by molar-refractivity contribution is 0.0817. The maximum atomic E-state index is 2.46. The van der Waals surface area contributed by atoms with Crippen molar-refractivity contribution in [2.45, 2.75) is 41.5 Å². The van der Waals surface area contributed by atoms with Gasteiger partial charge in [0.15, 0.2) is 0 Å². The molecule has 0 heterocycles. The summed E-state index contributed by atoms with van der Waals surface area (Å²) in [4.78, 5) is 4.78. The Hall–Kier alpha value is -6.38. The van der Waals surface area contributed by atoms with E-state index in [4.69, 9.17) is 0 Å². The number of fused-ring (bicyclic) bond motifs is 2. The van der Waals surface area contributed by atoms with Crippen molar-refractivity contribution in [1.82, 2.24) is 0 Å². The van der Waals surface area contributed by atoms with Crippen molar-refractivity contribution in [2.75, 3.05) is 9.80 Å². The summed E-state index contributed by atoms with van der Waals surface area (Å²) in [6.07, 6.45) is 0. The number of hydrogen-bond acceptors (Lipinski definition) is 2. The number of para-hydroxylation sites is 2. The standard InChI is InChI=1S/C55H50N2/c1-53(2)51(41-31-35-45(36-32-41)56(43-23-9-7-10-24-43)49-29-17-21-39-19-13-15-27-47(39)49)52(54(3,4)55(53,5)6)42-33-37-46(38-34-42)57(44-25-11-8-12-26-44)50-30-18-22-40-20-14-16-28-48(40)50/h7-38H,1-6H3. The third kappa shape index (κ3) is 5.94. The first-order chi connectivity index (χ1) is 27.6. The van der Waals surface area contributed by atoms with Gasteiger partial charge in [0.25, 0.3) is 0 Å². The fourth-order valence-corrected chi connectivity index (χ4v) is 9.41. The van der Waals surface area contributed by atoms with Crippen molar-refractivity contribution in [1.29, 1.82) is 0 Å². The summed E-state index contributed by atoms with van der Waals surface area (Å²) in [6, 6.07) is 70.7. The fourth-order valence-electron chi connectivity index (χ4n) is 9.41. The van der Waals surface area contributed by atoms with Crippen molar-refractivity contribution < 1.29 is 0 Å². The number of anilines is 6. The number of allylic oxidation sites excluding steroid dienone is 2. The molecule has 57 heavy (non-hydrogen) atoms. The Kier molecular flexibility index (Phi) is 8.89. The van der Waals surface area contributed by atoms with Crippen LogP contribution in [0.2, 0.25) is 0 Å². The Morgan fingerprint density at radius 1 is 0.298 bits per heavy atom. The van der Waals surface area contributed by atoms with Gasteiger partial charge in [-0.25, -0.2) is 0 Å². The molecule has 1 aliphatic carbocycles. The first kappa shape index (κ1) is 36.3. The highest BCUT2D eigenvalue weighted by molar-refractivity contribution is 6.02. The first-order valence-corrected chi connectivity index (χ1v) is 20.2. The molecule has 0 N–H and O–H groups in total. The predicted octanol–water partition coefficient (Wildman–Crippen LogP) is 15.9. The molecule has 2 heteroatoms. The summed E-state index contributed by atoms with van der Waals surface area (Å²) in [5.41, 5.74) is 12.0. The second-order valence-corrected chi connectivity index (χ2v) is 17.1. The van der Waals surface area contributed by atoms with Crippen molar-refractivity contribution >= 4 is 66.8 Å². The SMILES string of the molecule is CC1(C)C(c2ccc(N(c3ccccc3)c3cccc4ccccc34)cc2)=C(c2ccc(N(c3ccccc3)c3cccc4ccccc34)cc2)C(C)(C)C1(C)C. The number of benzene rings is 8. The van der Waals surface area contributed by atoms with E-state index in [1.807, 2.05) is 0 Å². The molecule has 0 unspecified atom stereocenters. The summed E-state index contributed by atoms with van der Waals surface area (Å²) in [6.45, 7) is 14.7. The van der Waals surface area contributed by atoms with Crippen LogP contribution in [0, 0.1) is 16.2 Å². The van der Waals surface area contributed by atoms with Gasteiger partial charge in [-0.2, -0.15) is 0 Å². The predicted molar refractivity (Wildman–Crippen MR) is 245 cm³/mol. The first-order valence-electron chi connectivity index (χ1n) is 20.2. The second-order valence-electron chi connectivity index (χ2n) is 17.1. The zero-order valence-electron chi connectivity index (χ0n) is 33.9. The number of hydrogen-bond donors (Lipinski definition) is 0. The molecule has 0 amide bonds. The Morgan fingerprint density at radius 2 is 0.614 bits per heavy atom. The van der Waals surface area contributed by atoms with E-state index < -0.39 is 0 Å². The monoisotopic (exact) mass is 738 g/mol. The van der Waals surface area contributed by atoms with Crippen molar-refractivity contribution in [3.63, 3.8) is 0 Å². The van der Waals surface area contributed by atoms with Gasteiger partial charge in [-0.1, -0.05) is 175 Å². The molecule has 9 rings (SSSR count). The van der Waals surface area contributed by atoms with E-state index in [1.165, 1.54) is 55.2 Å². The van der Waals surface area contributed by atoms with Gasteiger partial charge in [0.1, 0.15) is 0 Å². The summed E-state index contributed by atoms with van der Waals surface area (Å²) in [5.74, 6) is 0. The van der Waals surface area contributed by atoms with Gasteiger partial charge in [-0.15, -0.1) is 0 Å². The lowest BCUT2D eigenvalue weighted by Gasteiger charge is -2.46. The minimum absolute atomic E-state index is 0.0277. The van der Waals surface area contributed by atoms with Crippen LogP contribution in [0.1, 0.15) is 52.7 Å². The maximum Gasteiger partial charge on any atom is 0.0540 e. The third-order valence-electron chi connectivity index (χ3n) is 13.5. The average Bonchev–Trinajstić information content (AvgIpc) is 3.35. The minimum Gasteiger partial charge on any atom is -0.310 e. The lowest BCUT2D eigenvalue weighted by atomic mass is 9.57. The van der Waals surface area contributed by atoms with Gasteiger partial charge in [-0.05, 0) is 110 Å². The molecule has 0 spiro atoms. The summed E-state index contributed by atoms with van der Waals surface area (Å²) >= 11 is 0. The molecule has 0 bridgehead atoms. The molecule has 8 aromatic carbocycles. The molecule has 0 saturated heterocycles. The van der Waals surface area contributed by atoms with Gasteiger partial charge < -0.3 is 9.80 Å². The largest absolute Gasteiger partial charge is 0.310 e. The van der Waals surface area contributed by atoms with Gasteiger partial charge in [-0.3, -0.25) is 0 Å². The highest BCUT2D eigenvalue weighted by Gasteiger charge is 2.58. The zero-order chi connectivity index (χ0) is 39.4. The van der Waals surface area contributed by atoms with Crippen molar-refractivity contribution in [3.8, 4) is 0 Å². The molecular weight excluding hydrogens is 689 g/mol. The van der Waals surface area contributed by atoms with E-state index in [0.717, 1.165) is 22.7 Å². The van der Waals surface area contributed by atoms with E-state index >= 15 is 0 Å².